The molecule has 0 saturated heterocycles. The fourth-order valence-corrected chi connectivity index (χ4v) is 1.62. The SMILES string of the molecule is O=C(O)c1ccc(CCNc2ncc[nH]c2=O)cc1. The number of H-pyrrole nitrogens is 1. The zero-order chi connectivity index (χ0) is 13.7. The molecule has 0 atom stereocenters. The van der Waals surface area contributed by atoms with Crippen LogP contribution in [0.4, 0.5) is 5.82 Å². The Hall–Kier alpha value is -2.63. The smallest absolute Gasteiger partial charge is 0.335 e. The summed E-state index contributed by atoms with van der Waals surface area (Å²) < 4.78 is 0. The molecule has 1 aromatic heterocycles. The number of anilines is 1. The molecule has 0 spiro atoms. The Labute approximate surface area is 109 Å². The number of carboxylic acid groups (broad SMARTS) is 1. The van der Waals surface area contributed by atoms with Gasteiger partial charge in [0.25, 0.3) is 5.56 Å². The van der Waals surface area contributed by atoms with Crippen LogP contribution in [0.3, 0.4) is 0 Å². The van der Waals surface area contributed by atoms with Crippen LogP contribution in [0.1, 0.15) is 15.9 Å². The number of nitrogens with one attached hydrogen (secondary N) is 2. The summed E-state index contributed by atoms with van der Waals surface area (Å²) in [7, 11) is 0. The molecule has 0 unspecified atom stereocenters. The van der Waals surface area contributed by atoms with Crippen LogP contribution < -0.4 is 10.9 Å². The molecule has 0 aliphatic rings. The summed E-state index contributed by atoms with van der Waals surface area (Å²) in [5, 5.41) is 11.7. The minimum Gasteiger partial charge on any atom is -0.478 e. The Kier molecular flexibility index (Phi) is 3.92. The largest absolute Gasteiger partial charge is 0.478 e. The molecule has 0 radical (unpaired) electrons. The molecule has 0 aliphatic heterocycles. The molecule has 0 amide bonds. The molecule has 2 rings (SSSR count). The third-order valence-corrected chi connectivity index (χ3v) is 2.61. The van der Waals surface area contributed by atoms with E-state index in [2.05, 4.69) is 15.3 Å². The van der Waals surface area contributed by atoms with E-state index in [0.717, 1.165) is 5.56 Å². The van der Waals surface area contributed by atoms with Gasteiger partial charge in [-0.1, -0.05) is 12.1 Å². The normalized spacial score (nSPS) is 10.1. The highest BCUT2D eigenvalue weighted by Crippen LogP contribution is 2.05. The zero-order valence-corrected chi connectivity index (χ0v) is 10.1. The standard InChI is InChI=1S/C13H13N3O3/c17-12-11(15-7-8-16-12)14-6-5-9-1-3-10(4-2-9)13(18)19/h1-4,7-8H,5-6H2,(H,14,15)(H,16,17)(H,18,19). The van der Waals surface area contributed by atoms with Gasteiger partial charge in [0.15, 0.2) is 5.82 Å². The van der Waals surface area contributed by atoms with Gasteiger partial charge in [0, 0.05) is 18.9 Å². The topological polar surface area (TPSA) is 95.1 Å². The monoisotopic (exact) mass is 259 g/mol. The second-order valence-corrected chi connectivity index (χ2v) is 3.95. The summed E-state index contributed by atoms with van der Waals surface area (Å²) in [6, 6.07) is 6.64. The first-order valence-corrected chi connectivity index (χ1v) is 5.76. The first-order valence-electron chi connectivity index (χ1n) is 5.76. The first kappa shape index (κ1) is 12.8. The van der Waals surface area contributed by atoms with Gasteiger partial charge in [0.1, 0.15) is 0 Å². The van der Waals surface area contributed by atoms with E-state index in [0.29, 0.717) is 13.0 Å². The van der Waals surface area contributed by atoms with Gasteiger partial charge in [0.2, 0.25) is 0 Å². The van der Waals surface area contributed by atoms with Crippen LogP contribution >= 0.6 is 0 Å². The Morgan fingerprint density at radius 3 is 2.68 bits per heavy atom. The predicted molar refractivity (Wildman–Crippen MR) is 70.5 cm³/mol. The Balaban J connectivity index is 1.91. The third kappa shape index (κ3) is 3.41. The second-order valence-electron chi connectivity index (χ2n) is 3.95. The summed E-state index contributed by atoms with van der Waals surface area (Å²) >= 11 is 0. The summed E-state index contributed by atoms with van der Waals surface area (Å²) in [5.74, 6) is -0.658. The Morgan fingerprint density at radius 1 is 1.32 bits per heavy atom. The lowest BCUT2D eigenvalue weighted by Gasteiger charge is -2.04. The highest BCUT2D eigenvalue weighted by molar-refractivity contribution is 5.87. The zero-order valence-electron chi connectivity index (χ0n) is 10.1. The molecule has 1 heterocycles. The minimum atomic E-state index is -0.940. The summed E-state index contributed by atoms with van der Waals surface area (Å²) in [4.78, 5) is 28.5. The van der Waals surface area contributed by atoms with Crippen molar-refractivity contribution in [1.82, 2.24) is 9.97 Å². The molecule has 98 valence electrons. The number of benzene rings is 1. The molecule has 0 saturated carbocycles. The van der Waals surface area contributed by atoms with Crippen LogP contribution in [-0.2, 0) is 6.42 Å². The van der Waals surface area contributed by atoms with Gasteiger partial charge >= 0.3 is 5.97 Å². The van der Waals surface area contributed by atoms with E-state index >= 15 is 0 Å². The van der Waals surface area contributed by atoms with Gasteiger partial charge in [-0.05, 0) is 24.1 Å². The summed E-state index contributed by atoms with van der Waals surface area (Å²) in [6.45, 7) is 0.548. The lowest BCUT2D eigenvalue weighted by Crippen LogP contribution is -2.17. The molecular formula is C13H13N3O3. The fourth-order valence-electron chi connectivity index (χ4n) is 1.62. The maximum Gasteiger partial charge on any atom is 0.335 e. The van der Waals surface area contributed by atoms with E-state index in [1.54, 1.807) is 24.3 Å². The molecule has 2 aromatic rings. The Bertz CT molecular complexity index is 620. The van der Waals surface area contributed by atoms with E-state index in [1.807, 2.05) is 0 Å². The lowest BCUT2D eigenvalue weighted by molar-refractivity contribution is 0.0697. The van der Waals surface area contributed by atoms with Crippen LogP contribution in [0, 0.1) is 0 Å². The quantitative estimate of drug-likeness (QED) is 0.748. The summed E-state index contributed by atoms with van der Waals surface area (Å²) in [6.07, 6.45) is 3.65. The number of nitrogens with zero attached hydrogens (tertiary/aromatic N) is 1. The lowest BCUT2D eigenvalue weighted by atomic mass is 10.1. The van der Waals surface area contributed by atoms with E-state index in [4.69, 9.17) is 5.11 Å². The second kappa shape index (κ2) is 5.81. The number of aromatic carboxylic acids is 1. The molecule has 3 N–H and O–H groups in total. The molecule has 6 nitrogen and oxygen atoms in total. The third-order valence-electron chi connectivity index (χ3n) is 2.61. The average molecular weight is 259 g/mol. The molecule has 1 aromatic carbocycles. The van der Waals surface area contributed by atoms with Gasteiger partial charge in [-0.2, -0.15) is 0 Å². The van der Waals surface area contributed by atoms with Gasteiger partial charge < -0.3 is 15.4 Å². The van der Waals surface area contributed by atoms with Crippen molar-refractivity contribution in [2.45, 2.75) is 6.42 Å². The average Bonchev–Trinajstić information content (AvgIpc) is 2.41. The van der Waals surface area contributed by atoms with Crippen molar-refractivity contribution >= 4 is 11.8 Å². The van der Waals surface area contributed by atoms with Crippen molar-refractivity contribution in [3.05, 3.63) is 58.1 Å². The van der Waals surface area contributed by atoms with E-state index in [-0.39, 0.29) is 16.9 Å². The van der Waals surface area contributed by atoms with Crippen molar-refractivity contribution in [3.63, 3.8) is 0 Å². The van der Waals surface area contributed by atoms with Crippen LogP contribution in [0.15, 0.2) is 41.5 Å². The van der Waals surface area contributed by atoms with Crippen molar-refractivity contribution in [2.75, 3.05) is 11.9 Å². The summed E-state index contributed by atoms with van der Waals surface area (Å²) in [5.41, 5.74) is 0.992. The molecule has 0 fully saturated rings. The number of carbonyl (C=O) groups is 1. The van der Waals surface area contributed by atoms with Gasteiger partial charge in [0.05, 0.1) is 5.56 Å². The predicted octanol–water partition coefficient (Wildman–Crippen LogP) is 1.12. The molecule has 0 aliphatic carbocycles. The van der Waals surface area contributed by atoms with Gasteiger partial charge in [-0.25, -0.2) is 9.78 Å². The van der Waals surface area contributed by atoms with Crippen molar-refractivity contribution in [3.8, 4) is 0 Å². The maximum absolute atomic E-state index is 11.3. The highest BCUT2D eigenvalue weighted by Gasteiger charge is 2.02. The number of rotatable bonds is 5. The molecule has 19 heavy (non-hydrogen) atoms. The molecule has 0 bridgehead atoms. The highest BCUT2D eigenvalue weighted by atomic mass is 16.4. The van der Waals surface area contributed by atoms with Crippen LogP contribution in [0.25, 0.3) is 0 Å². The number of hydrogen-bond acceptors (Lipinski definition) is 4. The van der Waals surface area contributed by atoms with Crippen molar-refractivity contribution < 1.29 is 9.90 Å². The van der Waals surface area contributed by atoms with Crippen LogP contribution in [0.2, 0.25) is 0 Å². The number of carboxylic acids is 1. The van der Waals surface area contributed by atoms with Gasteiger partial charge in [-0.15, -0.1) is 0 Å². The number of hydrogen-bond donors (Lipinski definition) is 3. The number of aromatic nitrogens is 2. The first-order chi connectivity index (χ1) is 9.16. The maximum atomic E-state index is 11.3. The van der Waals surface area contributed by atoms with E-state index in [1.165, 1.54) is 12.4 Å². The Morgan fingerprint density at radius 2 is 2.05 bits per heavy atom. The minimum absolute atomic E-state index is 0.260. The molecule has 6 heteroatoms. The van der Waals surface area contributed by atoms with E-state index < -0.39 is 5.97 Å². The van der Waals surface area contributed by atoms with Crippen molar-refractivity contribution in [1.29, 1.82) is 0 Å². The van der Waals surface area contributed by atoms with Crippen LogP contribution in [-0.4, -0.2) is 27.6 Å². The van der Waals surface area contributed by atoms with E-state index in [9.17, 15) is 9.59 Å². The number of aromatic amines is 1. The molecular weight excluding hydrogens is 246 g/mol. The van der Waals surface area contributed by atoms with Crippen molar-refractivity contribution in [2.24, 2.45) is 0 Å². The fraction of sp³-hybridized carbons (Fsp3) is 0.154. The van der Waals surface area contributed by atoms with Gasteiger partial charge in [-0.3, -0.25) is 4.79 Å². The van der Waals surface area contributed by atoms with Crippen LogP contribution in [0.5, 0.6) is 0 Å².